The number of rotatable bonds is 6. The number of benzene rings is 2. The van der Waals surface area contributed by atoms with E-state index in [2.05, 4.69) is 9.71 Å². The molecule has 0 aliphatic rings. The van der Waals surface area contributed by atoms with E-state index < -0.39 is 39.2 Å². The summed E-state index contributed by atoms with van der Waals surface area (Å²) in [7, 11) is -1.54. The smallest absolute Gasteiger partial charge is 0.198 e. The van der Waals surface area contributed by atoms with Gasteiger partial charge in [-0.1, -0.05) is 41.9 Å². The predicted octanol–water partition coefficient (Wildman–Crippen LogP) is 5.95. The minimum absolute atomic E-state index is 0.0732. The minimum atomic E-state index is -1.54. The summed E-state index contributed by atoms with van der Waals surface area (Å²) in [5.74, 6) is -1.97. The molecule has 3 rings (SSSR count). The molecular formula is C22H21ClF2N2O2S. The van der Waals surface area contributed by atoms with Crippen LogP contribution in [0.5, 0.6) is 11.5 Å². The molecule has 1 heterocycles. The number of pyridine rings is 1. The lowest BCUT2D eigenvalue weighted by molar-refractivity contribution is 0.402. The Balaban J connectivity index is 2.07. The molecular weight excluding hydrogens is 430 g/mol. The Morgan fingerprint density at radius 2 is 1.77 bits per heavy atom. The fraction of sp³-hybridized carbons (Fsp3) is 0.227. The number of para-hydroxylation sites is 1. The van der Waals surface area contributed by atoms with Gasteiger partial charge < -0.3 is 4.74 Å². The van der Waals surface area contributed by atoms with Crippen LogP contribution in [0.25, 0.3) is 0 Å². The van der Waals surface area contributed by atoms with Crippen molar-refractivity contribution >= 4 is 22.6 Å². The highest BCUT2D eigenvalue weighted by atomic mass is 35.5. The molecule has 2 unspecified atom stereocenters. The van der Waals surface area contributed by atoms with Crippen LogP contribution in [0.2, 0.25) is 5.15 Å². The van der Waals surface area contributed by atoms with Crippen molar-refractivity contribution in [1.82, 2.24) is 9.71 Å². The largest absolute Gasteiger partial charge is 0.451 e. The van der Waals surface area contributed by atoms with Crippen LogP contribution in [0, 0.1) is 11.6 Å². The van der Waals surface area contributed by atoms with Gasteiger partial charge in [-0.05, 0) is 50.6 Å². The topological polar surface area (TPSA) is 51.2 Å². The van der Waals surface area contributed by atoms with E-state index in [4.69, 9.17) is 16.3 Å². The van der Waals surface area contributed by atoms with Gasteiger partial charge in [-0.15, -0.1) is 0 Å². The second-order valence-electron chi connectivity index (χ2n) is 7.54. The third-order valence-electron chi connectivity index (χ3n) is 4.22. The molecule has 4 nitrogen and oxygen atoms in total. The molecule has 0 fully saturated rings. The lowest BCUT2D eigenvalue weighted by atomic mass is 10.00. The second-order valence-corrected chi connectivity index (χ2v) is 9.93. The van der Waals surface area contributed by atoms with Gasteiger partial charge in [-0.3, -0.25) is 0 Å². The van der Waals surface area contributed by atoms with Crippen LogP contribution in [-0.2, 0) is 11.0 Å². The van der Waals surface area contributed by atoms with E-state index in [-0.39, 0.29) is 10.7 Å². The monoisotopic (exact) mass is 450 g/mol. The van der Waals surface area contributed by atoms with E-state index in [1.54, 1.807) is 63.2 Å². The molecule has 1 aromatic heterocycles. The first-order chi connectivity index (χ1) is 14.2. The van der Waals surface area contributed by atoms with Crippen LogP contribution in [-0.4, -0.2) is 13.9 Å². The van der Waals surface area contributed by atoms with Crippen molar-refractivity contribution in [3.63, 3.8) is 0 Å². The molecule has 30 heavy (non-hydrogen) atoms. The maximum absolute atomic E-state index is 15.4. The lowest BCUT2D eigenvalue weighted by Gasteiger charge is -2.25. The van der Waals surface area contributed by atoms with E-state index in [1.165, 1.54) is 12.3 Å². The van der Waals surface area contributed by atoms with Gasteiger partial charge in [0.1, 0.15) is 10.9 Å². The molecule has 2 aromatic carbocycles. The van der Waals surface area contributed by atoms with Gasteiger partial charge in [0, 0.05) is 11.8 Å². The van der Waals surface area contributed by atoms with E-state index in [0.29, 0.717) is 11.3 Å². The van der Waals surface area contributed by atoms with Crippen molar-refractivity contribution in [2.75, 3.05) is 0 Å². The maximum Gasteiger partial charge on any atom is 0.198 e. The SMILES string of the molecule is CC(C)(C)S(=O)NC(c1ccc(Cl)nc1)c1ccc(F)c(Oc2ccccc2)c1F. The van der Waals surface area contributed by atoms with E-state index in [9.17, 15) is 8.60 Å². The third kappa shape index (κ3) is 5.22. The van der Waals surface area contributed by atoms with Crippen molar-refractivity contribution in [2.24, 2.45) is 0 Å². The number of ether oxygens (including phenoxy) is 1. The molecule has 0 amide bonds. The molecule has 158 valence electrons. The summed E-state index contributed by atoms with van der Waals surface area (Å²) in [5.41, 5.74) is 0.595. The van der Waals surface area contributed by atoms with Crippen LogP contribution in [0.15, 0.2) is 60.8 Å². The number of halogens is 3. The molecule has 0 aliphatic carbocycles. The maximum atomic E-state index is 15.4. The van der Waals surface area contributed by atoms with Gasteiger partial charge in [0.05, 0.1) is 21.8 Å². The summed E-state index contributed by atoms with van der Waals surface area (Å²) in [5, 5.41) is 0.266. The normalized spacial score (nSPS) is 13.7. The number of hydrogen-bond acceptors (Lipinski definition) is 3. The van der Waals surface area contributed by atoms with Crippen LogP contribution < -0.4 is 9.46 Å². The first-order valence-electron chi connectivity index (χ1n) is 9.17. The van der Waals surface area contributed by atoms with Crippen LogP contribution in [0.4, 0.5) is 8.78 Å². The molecule has 8 heteroatoms. The zero-order chi connectivity index (χ0) is 21.9. The first kappa shape index (κ1) is 22.3. The molecule has 0 aliphatic heterocycles. The standard InChI is InChI=1S/C22H21ClF2N2O2S/c1-22(2,3)30(28)27-20(14-9-12-18(23)26-13-14)16-10-11-17(24)21(19(16)25)29-15-7-5-4-6-8-15/h4-13,20,27H,1-3H3. The van der Waals surface area contributed by atoms with Gasteiger partial charge in [0.15, 0.2) is 17.4 Å². The van der Waals surface area contributed by atoms with E-state index >= 15 is 4.39 Å². The molecule has 1 N–H and O–H groups in total. The van der Waals surface area contributed by atoms with Crippen molar-refractivity contribution < 1.29 is 17.7 Å². The number of nitrogens with zero attached hydrogens (tertiary/aromatic N) is 1. The molecule has 2 atom stereocenters. The van der Waals surface area contributed by atoms with Gasteiger partial charge in [0.25, 0.3) is 0 Å². The van der Waals surface area contributed by atoms with Gasteiger partial charge in [-0.2, -0.15) is 0 Å². The number of aromatic nitrogens is 1. The fourth-order valence-electron chi connectivity index (χ4n) is 2.62. The second kappa shape index (κ2) is 9.20. The Kier molecular flexibility index (Phi) is 6.85. The van der Waals surface area contributed by atoms with E-state index in [1.807, 2.05) is 0 Å². The van der Waals surface area contributed by atoms with Gasteiger partial charge in [0.2, 0.25) is 0 Å². The summed E-state index contributed by atoms with van der Waals surface area (Å²) in [6.45, 7) is 5.37. The average Bonchev–Trinajstić information content (AvgIpc) is 2.70. The molecule has 0 saturated heterocycles. The summed E-state index contributed by atoms with van der Waals surface area (Å²) >= 11 is 5.87. The third-order valence-corrected chi connectivity index (χ3v) is 6.00. The van der Waals surface area contributed by atoms with Crippen LogP contribution in [0.3, 0.4) is 0 Å². The fourth-order valence-corrected chi connectivity index (χ4v) is 3.57. The Morgan fingerprint density at radius 1 is 1.07 bits per heavy atom. The van der Waals surface area contributed by atoms with Crippen LogP contribution in [0.1, 0.15) is 37.9 Å². The molecule has 0 spiro atoms. The van der Waals surface area contributed by atoms with Crippen molar-refractivity contribution in [3.8, 4) is 11.5 Å². The molecule has 3 aromatic rings. The first-order valence-corrected chi connectivity index (χ1v) is 10.7. The summed E-state index contributed by atoms with van der Waals surface area (Å²) in [6, 6.07) is 13.1. The van der Waals surface area contributed by atoms with Gasteiger partial charge >= 0.3 is 0 Å². The highest BCUT2D eigenvalue weighted by Gasteiger charge is 2.29. The summed E-state index contributed by atoms with van der Waals surface area (Å²) in [4.78, 5) is 4.03. The number of nitrogens with one attached hydrogen (secondary N) is 1. The minimum Gasteiger partial charge on any atom is -0.451 e. The van der Waals surface area contributed by atoms with E-state index in [0.717, 1.165) is 6.07 Å². The molecule has 0 radical (unpaired) electrons. The average molecular weight is 451 g/mol. The zero-order valence-electron chi connectivity index (χ0n) is 16.7. The number of hydrogen-bond donors (Lipinski definition) is 1. The Labute approximate surface area is 181 Å². The van der Waals surface area contributed by atoms with Gasteiger partial charge in [-0.25, -0.2) is 22.7 Å². The van der Waals surface area contributed by atoms with Crippen molar-refractivity contribution in [2.45, 2.75) is 31.6 Å². The predicted molar refractivity (Wildman–Crippen MR) is 115 cm³/mol. The lowest BCUT2D eigenvalue weighted by Crippen LogP contribution is -2.36. The zero-order valence-corrected chi connectivity index (χ0v) is 18.2. The Bertz CT molecular complexity index is 1040. The van der Waals surface area contributed by atoms with Crippen molar-refractivity contribution in [1.29, 1.82) is 0 Å². The quantitative estimate of drug-likeness (QED) is 0.472. The highest BCUT2D eigenvalue weighted by Crippen LogP contribution is 2.35. The Morgan fingerprint density at radius 3 is 2.37 bits per heavy atom. The Hall–Kier alpha value is -2.35. The summed E-state index contributed by atoms with van der Waals surface area (Å²) in [6.07, 6.45) is 1.46. The van der Waals surface area contributed by atoms with Crippen molar-refractivity contribution in [3.05, 3.63) is 88.7 Å². The molecule has 0 saturated carbocycles. The molecule has 0 bridgehead atoms. The van der Waals surface area contributed by atoms with Crippen LogP contribution >= 0.6 is 11.6 Å². The highest BCUT2D eigenvalue weighted by molar-refractivity contribution is 7.84. The summed E-state index contributed by atoms with van der Waals surface area (Å²) < 4.78 is 50.4.